The Morgan fingerprint density at radius 1 is 1.14 bits per heavy atom. The van der Waals surface area contributed by atoms with Crippen molar-refractivity contribution in [2.45, 2.75) is 33.2 Å². The van der Waals surface area contributed by atoms with Crippen LogP contribution in [0, 0.1) is 19.7 Å². The molecule has 0 amide bonds. The van der Waals surface area contributed by atoms with Crippen LogP contribution in [0.1, 0.15) is 41.6 Å². The Balaban J connectivity index is 2.47. The van der Waals surface area contributed by atoms with Gasteiger partial charge >= 0.3 is 0 Å². The standard InChI is InChI=1S/C18H21ClFN/c1-4-10-21-18(14-8-9-16(20)13(3)11-14)15-7-5-6-12(2)17(15)19/h5-9,11,18,21H,4,10H2,1-3H3. The highest BCUT2D eigenvalue weighted by atomic mass is 35.5. The van der Waals surface area contributed by atoms with Gasteiger partial charge in [0.2, 0.25) is 0 Å². The van der Waals surface area contributed by atoms with E-state index in [9.17, 15) is 4.39 Å². The molecule has 0 aromatic heterocycles. The van der Waals surface area contributed by atoms with Crippen molar-refractivity contribution in [2.24, 2.45) is 0 Å². The summed E-state index contributed by atoms with van der Waals surface area (Å²) in [5, 5.41) is 4.28. The maximum atomic E-state index is 13.5. The molecule has 0 saturated heterocycles. The van der Waals surface area contributed by atoms with Crippen molar-refractivity contribution in [3.63, 3.8) is 0 Å². The fraction of sp³-hybridized carbons (Fsp3) is 0.333. The van der Waals surface area contributed by atoms with Crippen LogP contribution in [0.2, 0.25) is 5.02 Å². The third kappa shape index (κ3) is 3.63. The molecule has 1 N–H and O–H groups in total. The summed E-state index contributed by atoms with van der Waals surface area (Å²) in [6, 6.07) is 11.3. The Bertz CT molecular complexity index is 625. The number of hydrogen-bond donors (Lipinski definition) is 1. The van der Waals surface area contributed by atoms with Gasteiger partial charge in [-0.2, -0.15) is 0 Å². The molecule has 0 radical (unpaired) electrons. The zero-order chi connectivity index (χ0) is 15.4. The quantitative estimate of drug-likeness (QED) is 0.802. The predicted molar refractivity (Wildman–Crippen MR) is 87.5 cm³/mol. The van der Waals surface area contributed by atoms with Crippen LogP contribution in [0.3, 0.4) is 0 Å². The van der Waals surface area contributed by atoms with Crippen LogP contribution in [0.25, 0.3) is 0 Å². The van der Waals surface area contributed by atoms with Gasteiger partial charge in [-0.3, -0.25) is 0 Å². The maximum Gasteiger partial charge on any atom is 0.126 e. The summed E-state index contributed by atoms with van der Waals surface area (Å²) in [7, 11) is 0. The first kappa shape index (κ1) is 16.0. The number of aryl methyl sites for hydroxylation is 2. The lowest BCUT2D eigenvalue weighted by molar-refractivity contribution is 0.590. The molecule has 112 valence electrons. The lowest BCUT2D eigenvalue weighted by Crippen LogP contribution is -2.23. The molecule has 2 rings (SSSR count). The van der Waals surface area contributed by atoms with Gasteiger partial charge < -0.3 is 5.32 Å². The van der Waals surface area contributed by atoms with Gasteiger partial charge in [0.15, 0.2) is 0 Å². The highest BCUT2D eigenvalue weighted by Gasteiger charge is 2.18. The summed E-state index contributed by atoms with van der Waals surface area (Å²) in [4.78, 5) is 0. The SMILES string of the molecule is CCCNC(c1ccc(F)c(C)c1)c1cccc(C)c1Cl. The van der Waals surface area contributed by atoms with Gasteiger partial charge in [0.05, 0.1) is 6.04 Å². The van der Waals surface area contributed by atoms with Gasteiger partial charge in [-0.05, 0) is 55.1 Å². The molecule has 1 atom stereocenters. The molecule has 3 heteroatoms. The Morgan fingerprint density at radius 3 is 2.57 bits per heavy atom. The van der Waals surface area contributed by atoms with E-state index in [-0.39, 0.29) is 11.9 Å². The first-order valence-corrected chi connectivity index (χ1v) is 7.66. The van der Waals surface area contributed by atoms with Gasteiger partial charge in [-0.1, -0.05) is 48.9 Å². The average molecular weight is 306 g/mol. The summed E-state index contributed by atoms with van der Waals surface area (Å²) in [6.07, 6.45) is 1.03. The molecule has 1 nitrogen and oxygen atoms in total. The summed E-state index contributed by atoms with van der Waals surface area (Å²) in [5.41, 5.74) is 3.78. The monoisotopic (exact) mass is 305 g/mol. The smallest absolute Gasteiger partial charge is 0.126 e. The lowest BCUT2D eigenvalue weighted by Gasteiger charge is -2.22. The van der Waals surface area contributed by atoms with Crippen molar-refractivity contribution in [3.05, 3.63) is 69.5 Å². The highest BCUT2D eigenvalue weighted by molar-refractivity contribution is 6.32. The van der Waals surface area contributed by atoms with Crippen molar-refractivity contribution >= 4 is 11.6 Å². The minimum absolute atomic E-state index is 0.0170. The van der Waals surface area contributed by atoms with Crippen LogP contribution in [0.4, 0.5) is 4.39 Å². The summed E-state index contributed by atoms with van der Waals surface area (Å²) < 4.78 is 13.5. The van der Waals surface area contributed by atoms with Crippen LogP contribution < -0.4 is 5.32 Å². The van der Waals surface area contributed by atoms with Crippen molar-refractivity contribution in [1.29, 1.82) is 0 Å². The Morgan fingerprint density at radius 2 is 1.90 bits per heavy atom. The third-order valence-electron chi connectivity index (χ3n) is 3.65. The van der Waals surface area contributed by atoms with Crippen molar-refractivity contribution in [1.82, 2.24) is 5.32 Å². The minimum Gasteiger partial charge on any atom is -0.306 e. The predicted octanol–water partition coefficient (Wildman–Crippen LogP) is 5.18. The molecule has 0 fully saturated rings. The number of benzene rings is 2. The normalized spacial score (nSPS) is 12.4. The molecule has 0 aliphatic heterocycles. The molecule has 0 heterocycles. The fourth-order valence-corrected chi connectivity index (χ4v) is 2.67. The van der Waals surface area contributed by atoms with Gasteiger partial charge in [-0.15, -0.1) is 0 Å². The topological polar surface area (TPSA) is 12.0 Å². The molecule has 1 unspecified atom stereocenters. The van der Waals surface area contributed by atoms with Crippen LogP contribution in [0.5, 0.6) is 0 Å². The maximum absolute atomic E-state index is 13.5. The molecule has 21 heavy (non-hydrogen) atoms. The highest BCUT2D eigenvalue weighted by Crippen LogP contribution is 2.31. The largest absolute Gasteiger partial charge is 0.306 e. The molecular weight excluding hydrogens is 285 g/mol. The molecule has 2 aromatic carbocycles. The van der Waals surface area contributed by atoms with Gasteiger partial charge in [0.25, 0.3) is 0 Å². The Kier molecular flexibility index (Phi) is 5.38. The Labute approximate surface area is 131 Å². The first-order chi connectivity index (χ1) is 10.0. The van der Waals surface area contributed by atoms with Crippen molar-refractivity contribution in [3.8, 4) is 0 Å². The van der Waals surface area contributed by atoms with Crippen molar-refractivity contribution < 1.29 is 4.39 Å². The number of halogens is 2. The second-order valence-corrected chi connectivity index (χ2v) is 5.75. The average Bonchev–Trinajstić information content (AvgIpc) is 2.47. The molecule has 0 spiro atoms. The number of rotatable bonds is 5. The van der Waals surface area contributed by atoms with E-state index in [0.717, 1.165) is 34.7 Å². The second kappa shape index (κ2) is 7.06. The minimum atomic E-state index is -0.177. The van der Waals surface area contributed by atoms with E-state index in [1.54, 1.807) is 6.92 Å². The molecule has 0 saturated carbocycles. The van der Waals surface area contributed by atoms with Gasteiger partial charge in [0, 0.05) is 5.02 Å². The molecule has 2 aromatic rings. The van der Waals surface area contributed by atoms with E-state index >= 15 is 0 Å². The molecular formula is C18H21ClFN. The molecule has 0 aliphatic carbocycles. The van der Waals surface area contributed by atoms with E-state index < -0.39 is 0 Å². The second-order valence-electron chi connectivity index (χ2n) is 5.37. The van der Waals surface area contributed by atoms with E-state index in [1.165, 1.54) is 6.07 Å². The molecule has 0 bridgehead atoms. The fourth-order valence-electron chi connectivity index (χ4n) is 2.44. The molecule has 0 aliphatic rings. The van der Waals surface area contributed by atoms with E-state index in [2.05, 4.69) is 12.2 Å². The van der Waals surface area contributed by atoms with Crippen LogP contribution in [-0.2, 0) is 0 Å². The van der Waals surface area contributed by atoms with Gasteiger partial charge in [0.1, 0.15) is 5.82 Å². The third-order valence-corrected chi connectivity index (χ3v) is 4.16. The van der Waals surface area contributed by atoms with Gasteiger partial charge in [-0.25, -0.2) is 4.39 Å². The van der Waals surface area contributed by atoms with E-state index in [1.807, 2.05) is 37.3 Å². The van der Waals surface area contributed by atoms with E-state index in [0.29, 0.717) is 5.56 Å². The Hall–Kier alpha value is -1.38. The first-order valence-electron chi connectivity index (χ1n) is 7.29. The summed E-state index contributed by atoms with van der Waals surface area (Å²) in [6.45, 7) is 6.79. The zero-order valence-electron chi connectivity index (χ0n) is 12.7. The van der Waals surface area contributed by atoms with E-state index in [4.69, 9.17) is 11.6 Å². The summed E-state index contributed by atoms with van der Waals surface area (Å²) >= 11 is 6.47. The number of nitrogens with one attached hydrogen (secondary N) is 1. The van der Waals surface area contributed by atoms with Crippen molar-refractivity contribution in [2.75, 3.05) is 6.54 Å². The summed E-state index contributed by atoms with van der Waals surface area (Å²) in [5.74, 6) is -0.177. The van der Waals surface area contributed by atoms with Crippen LogP contribution in [-0.4, -0.2) is 6.54 Å². The zero-order valence-corrected chi connectivity index (χ0v) is 13.5. The van der Waals surface area contributed by atoms with Crippen LogP contribution >= 0.6 is 11.6 Å². The van der Waals surface area contributed by atoms with Crippen LogP contribution in [0.15, 0.2) is 36.4 Å². The lowest BCUT2D eigenvalue weighted by atomic mass is 9.95. The number of hydrogen-bond acceptors (Lipinski definition) is 1.